The van der Waals surface area contributed by atoms with Crippen LogP contribution in [0.5, 0.6) is 0 Å². The summed E-state index contributed by atoms with van der Waals surface area (Å²) in [5.41, 5.74) is 0.548. The number of alkyl halides is 3. The summed E-state index contributed by atoms with van der Waals surface area (Å²) < 4.78 is 59.9. The van der Waals surface area contributed by atoms with Crippen molar-refractivity contribution in [2.75, 3.05) is 24.5 Å². The Hall–Kier alpha value is -3.79. The number of benzene rings is 2. The molecule has 204 valence electrons. The van der Waals surface area contributed by atoms with Crippen molar-refractivity contribution in [3.05, 3.63) is 82.9 Å². The van der Waals surface area contributed by atoms with Crippen molar-refractivity contribution < 1.29 is 36.7 Å². The van der Waals surface area contributed by atoms with Crippen LogP contribution in [-0.4, -0.2) is 47.4 Å². The number of ether oxygens (including phenoxy) is 1. The monoisotopic (exact) mass is 563 g/mol. The number of likely N-dealkylation sites (tertiary alicyclic amines) is 1. The van der Waals surface area contributed by atoms with Gasteiger partial charge in [-0.1, -0.05) is 29.8 Å². The Morgan fingerprint density at radius 2 is 1.72 bits per heavy atom. The fraction of sp³-hybridized carbons (Fsp3) is 0.296. The number of carbonyl (C=O) groups excluding carboxylic acids is 3. The lowest BCUT2D eigenvalue weighted by atomic mass is 9.90. The van der Waals surface area contributed by atoms with E-state index in [-0.39, 0.29) is 12.7 Å². The molecule has 0 bridgehead atoms. The molecule has 1 amide bonds. The Morgan fingerprint density at radius 3 is 2.31 bits per heavy atom. The molecule has 0 saturated carbocycles. The van der Waals surface area contributed by atoms with Crippen LogP contribution in [0, 0.1) is 5.95 Å². The largest absolute Gasteiger partial charge is 0.441 e. The third-order valence-corrected chi connectivity index (χ3v) is 7.05. The first-order valence-corrected chi connectivity index (χ1v) is 12.2. The van der Waals surface area contributed by atoms with E-state index >= 15 is 0 Å². The first-order valence-electron chi connectivity index (χ1n) is 11.8. The van der Waals surface area contributed by atoms with E-state index in [1.165, 1.54) is 18.3 Å². The SMILES string of the molecule is O=C1OC2(CCN(Cc3cc(C(F)(F)F)c(Cl)cc3-c3ccc(F)nc3)CC2)CN1c1ccccc1.O=C=O. The van der Waals surface area contributed by atoms with Crippen LogP contribution in [0.2, 0.25) is 5.02 Å². The van der Waals surface area contributed by atoms with Gasteiger partial charge in [0.25, 0.3) is 0 Å². The normalized spacial score (nSPS) is 16.8. The van der Waals surface area contributed by atoms with Crippen molar-refractivity contribution in [1.29, 1.82) is 0 Å². The molecule has 0 radical (unpaired) electrons. The number of hydrogen-bond donors (Lipinski definition) is 0. The van der Waals surface area contributed by atoms with Gasteiger partial charge in [-0.15, -0.1) is 0 Å². The summed E-state index contributed by atoms with van der Waals surface area (Å²) in [6.07, 6.45) is -2.38. The molecule has 0 N–H and O–H groups in total. The minimum absolute atomic E-state index is 0.222. The van der Waals surface area contributed by atoms with Crippen LogP contribution in [0.3, 0.4) is 0 Å². The molecule has 1 aromatic heterocycles. The number of pyridine rings is 1. The van der Waals surface area contributed by atoms with Crippen LogP contribution in [0.4, 0.5) is 28.0 Å². The lowest BCUT2D eigenvalue weighted by molar-refractivity contribution is -0.191. The number of carbonyl (C=O) groups is 1. The van der Waals surface area contributed by atoms with Crippen molar-refractivity contribution in [1.82, 2.24) is 9.88 Å². The van der Waals surface area contributed by atoms with Crippen LogP contribution in [0.25, 0.3) is 11.1 Å². The zero-order valence-electron chi connectivity index (χ0n) is 20.4. The van der Waals surface area contributed by atoms with E-state index in [0.717, 1.165) is 17.8 Å². The number of para-hydroxylation sites is 1. The minimum atomic E-state index is -4.61. The quantitative estimate of drug-likeness (QED) is 0.287. The lowest BCUT2D eigenvalue weighted by Gasteiger charge is -2.37. The Balaban J connectivity index is 0.00000112. The van der Waals surface area contributed by atoms with Crippen molar-refractivity contribution in [3.8, 4) is 11.1 Å². The Morgan fingerprint density at radius 1 is 1.05 bits per heavy atom. The molecule has 0 atom stereocenters. The topological polar surface area (TPSA) is 79.8 Å². The number of rotatable bonds is 4. The number of piperidine rings is 1. The molecule has 1 spiro atoms. The summed E-state index contributed by atoms with van der Waals surface area (Å²) in [7, 11) is 0. The number of aromatic nitrogens is 1. The standard InChI is InChI=1S/C26H22ClF4N3O2.CO2/c27-22-13-20(17-6-7-23(28)32-14-17)18(12-21(22)26(29,30)31)15-33-10-8-25(9-11-33)16-34(24(35)36-25)19-4-2-1-3-5-19;2-1-3/h1-7,12-14H,8-11,15-16H2;. The third-order valence-electron chi connectivity index (χ3n) is 6.74. The van der Waals surface area contributed by atoms with E-state index in [2.05, 4.69) is 4.98 Å². The maximum absolute atomic E-state index is 13.6. The first-order chi connectivity index (χ1) is 18.5. The molecule has 7 nitrogen and oxygen atoms in total. The second-order valence-electron chi connectivity index (χ2n) is 9.19. The van der Waals surface area contributed by atoms with Gasteiger partial charge in [0.05, 0.1) is 17.1 Å². The van der Waals surface area contributed by atoms with Crippen molar-refractivity contribution in [2.24, 2.45) is 0 Å². The van der Waals surface area contributed by atoms with Gasteiger partial charge in [0.15, 0.2) is 0 Å². The van der Waals surface area contributed by atoms with E-state index in [9.17, 15) is 22.4 Å². The van der Waals surface area contributed by atoms with Crippen molar-refractivity contribution in [3.63, 3.8) is 0 Å². The molecule has 0 unspecified atom stereocenters. The molecule has 2 aliphatic rings. The molecule has 2 fully saturated rings. The van der Waals surface area contributed by atoms with Gasteiger partial charge in [0.1, 0.15) is 5.60 Å². The van der Waals surface area contributed by atoms with Crippen LogP contribution in [0.15, 0.2) is 60.8 Å². The van der Waals surface area contributed by atoms with Crippen LogP contribution >= 0.6 is 11.6 Å². The minimum Gasteiger partial charge on any atom is -0.441 e. The average Bonchev–Trinajstić information content (AvgIpc) is 3.22. The third kappa shape index (κ3) is 6.44. The van der Waals surface area contributed by atoms with Crippen LogP contribution in [-0.2, 0) is 27.0 Å². The van der Waals surface area contributed by atoms with Crippen LogP contribution in [0.1, 0.15) is 24.0 Å². The molecular weight excluding hydrogens is 542 g/mol. The van der Waals surface area contributed by atoms with Gasteiger partial charge in [-0.3, -0.25) is 9.80 Å². The van der Waals surface area contributed by atoms with Crippen molar-refractivity contribution >= 4 is 29.5 Å². The van der Waals surface area contributed by atoms with E-state index in [0.29, 0.717) is 49.2 Å². The van der Waals surface area contributed by atoms with Gasteiger partial charge in [0.2, 0.25) is 5.95 Å². The maximum atomic E-state index is 13.6. The van der Waals surface area contributed by atoms with Gasteiger partial charge >= 0.3 is 18.4 Å². The van der Waals surface area contributed by atoms with E-state index in [1.54, 1.807) is 4.90 Å². The summed E-state index contributed by atoms with van der Waals surface area (Å²) >= 11 is 5.99. The number of halogens is 5. The molecule has 2 aromatic carbocycles. The van der Waals surface area contributed by atoms with Crippen molar-refractivity contribution in [2.45, 2.75) is 31.2 Å². The number of amides is 1. The maximum Gasteiger partial charge on any atom is 0.417 e. The smallest absolute Gasteiger partial charge is 0.417 e. The highest BCUT2D eigenvalue weighted by molar-refractivity contribution is 6.31. The van der Waals surface area contributed by atoms with E-state index in [1.807, 2.05) is 35.2 Å². The fourth-order valence-corrected chi connectivity index (χ4v) is 5.09. The zero-order valence-corrected chi connectivity index (χ0v) is 21.1. The molecule has 3 aromatic rings. The van der Waals surface area contributed by atoms with Crippen LogP contribution < -0.4 is 4.90 Å². The molecule has 5 rings (SSSR count). The Bertz CT molecular complexity index is 1360. The van der Waals surface area contributed by atoms with Gasteiger partial charge < -0.3 is 4.74 Å². The fourth-order valence-electron chi connectivity index (χ4n) is 4.82. The second-order valence-corrected chi connectivity index (χ2v) is 9.60. The lowest BCUT2D eigenvalue weighted by Crippen LogP contribution is -2.46. The molecule has 2 aliphatic heterocycles. The summed E-state index contributed by atoms with van der Waals surface area (Å²) in [5.74, 6) is -0.685. The summed E-state index contributed by atoms with van der Waals surface area (Å²) in [6.45, 7) is 1.71. The van der Waals surface area contributed by atoms with Gasteiger partial charge in [-0.2, -0.15) is 27.2 Å². The number of anilines is 1. The van der Waals surface area contributed by atoms with E-state index < -0.39 is 34.4 Å². The van der Waals surface area contributed by atoms with E-state index in [4.69, 9.17) is 25.9 Å². The Kier molecular flexibility index (Phi) is 8.34. The first kappa shape index (κ1) is 28.2. The molecule has 39 heavy (non-hydrogen) atoms. The van der Waals surface area contributed by atoms with Gasteiger partial charge in [0, 0.05) is 49.9 Å². The summed E-state index contributed by atoms with van der Waals surface area (Å²) in [5, 5.41) is -0.429. The predicted octanol–water partition coefficient (Wildman–Crippen LogP) is 5.97. The number of hydrogen-bond acceptors (Lipinski definition) is 6. The highest BCUT2D eigenvalue weighted by Crippen LogP contribution is 2.40. The molecule has 0 aliphatic carbocycles. The molecular formula is C27H22ClF4N3O4. The average molecular weight is 564 g/mol. The van der Waals surface area contributed by atoms with Gasteiger partial charge in [-0.25, -0.2) is 9.78 Å². The predicted molar refractivity (Wildman–Crippen MR) is 132 cm³/mol. The van der Waals surface area contributed by atoms with Gasteiger partial charge in [-0.05, 0) is 47.5 Å². The summed E-state index contributed by atoms with van der Waals surface area (Å²) in [4.78, 5) is 36.1. The summed E-state index contributed by atoms with van der Waals surface area (Å²) in [6, 6.07) is 14.2. The highest BCUT2D eigenvalue weighted by atomic mass is 35.5. The highest BCUT2D eigenvalue weighted by Gasteiger charge is 2.47. The Labute approximate surface area is 225 Å². The molecule has 3 heterocycles. The zero-order chi connectivity index (χ0) is 28.2. The molecule has 2 saturated heterocycles. The number of nitrogens with zero attached hydrogens (tertiary/aromatic N) is 3. The molecule has 12 heteroatoms. The second kappa shape index (κ2) is 11.5.